The lowest BCUT2D eigenvalue weighted by molar-refractivity contribution is -0.130. The molecule has 1 saturated carbocycles. The summed E-state index contributed by atoms with van der Waals surface area (Å²) >= 11 is 0. The molecular formula is C17H22O2. The Balaban J connectivity index is 1.98. The van der Waals surface area contributed by atoms with Gasteiger partial charge in [0.05, 0.1) is 7.11 Å². The number of rotatable bonds is 1. The fraction of sp³-hybridized carbons (Fsp3) is 0.588. The normalized spacial score (nSPS) is 30.2. The standard InChI is InChI=1S/C17H22O2/c1-17-8-3-4-16(18)15(17)11-13-10-14(19-2)6-5-12(13)7-9-17/h5-6,10,15H,3-4,7-9,11H2,1-2H3/t15-,17+/m0/s1. The van der Waals surface area contributed by atoms with Crippen molar-refractivity contribution in [1.29, 1.82) is 0 Å². The van der Waals surface area contributed by atoms with Crippen molar-refractivity contribution in [3.63, 3.8) is 0 Å². The Hall–Kier alpha value is -1.31. The first-order valence-corrected chi connectivity index (χ1v) is 7.31. The monoisotopic (exact) mass is 258 g/mol. The van der Waals surface area contributed by atoms with E-state index in [0.717, 1.165) is 37.9 Å². The van der Waals surface area contributed by atoms with Gasteiger partial charge in [-0.15, -0.1) is 0 Å². The summed E-state index contributed by atoms with van der Waals surface area (Å²) in [5.41, 5.74) is 2.94. The van der Waals surface area contributed by atoms with Crippen molar-refractivity contribution in [1.82, 2.24) is 0 Å². The van der Waals surface area contributed by atoms with E-state index in [4.69, 9.17) is 4.74 Å². The molecule has 0 N–H and O–H groups in total. The molecule has 2 aliphatic rings. The lowest BCUT2D eigenvalue weighted by atomic mass is 9.64. The van der Waals surface area contributed by atoms with Crippen LogP contribution in [0.4, 0.5) is 0 Å². The zero-order chi connectivity index (χ0) is 13.5. The maximum absolute atomic E-state index is 12.3. The average Bonchev–Trinajstić information content (AvgIpc) is 2.56. The second-order valence-electron chi connectivity index (χ2n) is 6.37. The third kappa shape index (κ3) is 2.18. The van der Waals surface area contributed by atoms with Crippen molar-refractivity contribution >= 4 is 5.78 Å². The molecule has 0 bridgehead atoms. The van der Waals surface area contributed by atoms with Crippen LogP contribution in [-0.4, -0.2) is 12.9 Å². The molecule has 1 fully saturated rings. The van der Waals surface area contributed by atoms with Gasteiger partial charge in [0.1, 0.15) is 11.5 Å². The highest BCUT2D eigenvalue weighted by molar-refractivity contribution is 5.83. The van der Waals surface area contributed by atoms with Gasteiger partial charge in [-0.1, -0.05) is 13.0 Å². The molecule has 0 unspecified atom stereocenters. The third-order valence-corrected chi connectivity index (χ3v) is 5.20. The van der Waals surface area contributed by atoms with Gasteiger partial charge in [0.2, 0.25) is 0 Å². The zero-order valence-corrected chi connectivity index (χ0v) is 11.9. The quantitative estimate of drug-likeness (QED) is 0.770. The number of fused-ring (bicyclic) bond motifs is 2. The van der Waals surface area contributed by atoms with Gasteiger partial charge in [0.25, 0.3) is 0 Å². The first kappa shape index (κ1) is 12.7. The minimum atomic E-state index is 0.210. The fourth-order valence-corrected chi connectivity index (χ4v) is 3.87. The molecule has 0 aliphatic heterocycles. The zero-order valence-electron chi connectivity index (χ0n) is 11.9. The minimum Gasteiger partial charge on any atom is -0.497 e. The van der Waals surface area contributed by atoms with Crippen LogP contribution >= 0.6 is 0 Å². The van der Waals surface area contributed by atoms with E-state index in [1.165, 1.54) is 17.5 Å². The summed E-state index contributed by atoms with van der Waals surface area (Å²) in [5, 5.41) is 0. The summed E-state index contributed by atoms with van der Waals surface area (Å²) in [6.45, 7) is 2.32. The predicted octanol–water partition coefficient (Wildman–Crippen LogP) is 3.56. The van der Waals surface area contributed by atoms with Gasteiger partial charge in [-0.2, -0.15) is 0 Å². The molecule has 3 rings (SSSR count). The van der Waals surface area contributed by atoms with Gasteiger partial charge < -0.3 is 4.74 Å². The number of carbonyl (C=O) groups excluding carboxylic acids is 1. The molecule has 0 heterocycles. The van der Waals surface area contributed by atoms with Crippen LogP contribution in [0.2, 0.25) is 0 Å². The highest BCUT2D eigenvalue weighted by atomic mass is 16.5. The Morgan fingerprint density at radius 2 is 2.05 bits per heavy atom. The van der Waals surface area contributed by atoms with Crippen LogP contribution < -0.4 is 4.74 Å². The molecular weight excluding hydrogens is 236 g/mol. The number of ketones is 1. The van der Waals surface area contributed by atoms with Crippen molar-refractivity contribution in [2.24, 2.45) is 11.3 Å². The van der Waals surface area contributed by atoms with Gasteiger partial charge >= 0.3 is 0 Å². The molecule has 1 aromatic carbocycles. The average molecular weight is 258 g/mol. The summed E-state index contributed by atoms with van der Waals surface area (Å²) in [6.07, 6.45) is 6.20. The minimum absolute atomic E-state index is 0.210. The van der Waals surface area contributed by atoms with Crippen LogP contribution in [0.1, 0.15) is 43.7 Å². The molecule has 1 aromatic rings. The number of methoxy groups -OCH3 is 1. The first-order chi connectivity index (χ1) is 9.12. The van der Waals surface area contributed by atoms with Crippen LogP contribution in [0.15, 0.2) is 18.2 Å². The van der Waals surface area contributed by atoms with E-state index in [2.05, 4.69) is 19.1 Å². The number of Topliss-reactive ketones (excluding diaryl/α,β-unsaturated/α-hetero) is 1. The maximum atomic E-state index is 12.3. The van der Waals surface area contributed by atoms with Gasteiger partial charge in [-0.3, -0.25) is 4.79 Å². The molecule has 0 spiro atoms. The van der Waals surface area contributed by atoms with E-state index < -0.39 is 0 Å². The Labute approximate surface area is 115 Å². The number of carbonyl (C=O) groups is 1. The van der Waals surface area contributed by atoms with Gasteiger partial charge in [-0.05, 0) is 60.8 Å². The Morgan fingerprint density at radius 1 is 1.21 bits per heavy atom. The predicted molar refractivity (Wildman–Crippen MR) is 75.5 cm³/mol. The highest BCUT2D eigenvalue weighted by Crippen LogP contribution is 2.46. The van der Waals surface area contributed by atoms with E-state index in [-0.39, 0.29) is 11.3 Å². The topological polar surface area (TPSA) is 26.3 Å². The second kappa shape index (κ2) is 4.66. The maximum Gasteiger partial charge on any atom is 0.136 e. The van der Waals surface area contributed by atoms with Crippen molar-refractivity contribution in [2.75, 3.05) is 7.11 Å². The number of benzene rings is 1. The fourth-order valence-electron chi connectivity index (χ4n) is 3.87. The Bertz CT molecular complexity index is 506. The van der Waals surface area contributed by atoms with Crippen molar-refractivity contribution in [3.8, 4) is 5.75 Å². The number of aryl methyl sites for hydroxylation is 1. The SMILES string of the molecule is COc1ccc2c(c1)C[C@H]1C(=O)CCC[C@]1(C)CC2. The summed E-state index contributed by atoms with van der Waals surface area (Å²) in [7, 11) is 1.70. The van der Waals surface area contributed by atoms with E-state index in [9.17, 15) is 4.79 Å². The summed E-state index contributed by atoms with van der Waals surface area (Å²) in [6, 6.07) is 6.35. The van der Waals surface area contributed by atoms with Gasteiger partial charge in [0, 0.05) is 12.3 Å². The van der Waals surface area contributed by atoms with Crippen LogP contribution in [0.3, 0.4) is 0 Å². The van der Waals surface area contributed by atoms with Gasteiger partial charge in [0.15, 0.2) is 0 Å². The third-order valence-electron chi connectivity index (χ3n) is 5.20. The molecule has 2 heteroatoms. The lowest BCUT2D eigenvalue weighted by Gasteiger charge is -2.39. The van der Waals surface area contributed by atoms with E-state index in [1.54, 1.807) is 7.11 Å². The summed E-state index contributed by atoms with van der Waals surface area (Å²) in [4.78, 5) is 12.3. The molecule has 2 nitrogen and oxygen atoms in total. The molecule has 2 aliphatic carbocycles. The van der Waals surface area contributed by atoms with Gasteiger partial charge in [-0.25, -0.2) is 0 Å². The molecule has 102 valence electrons. The molecule has 0 aromatic heterocycles. The van der Waals surface area contributed by atoms with E-state index in [1.807, 2.05) is 6.07 Å². The van der Waals surface area contributed by atoms with Crippen molar-refractivity contribution in [2.45, 2.75) is 45.4 Å². The van der Waals surface area contributed by atoms with E-state index in [0.29, 0.717) is 5.78 Å². The molecule has 19 heavy (non-hydrogen) atoms. The van der Waals surface area contributed by atoms with E-state index >= 15 is 0 Å². The number of ether oxygens (including phenoxy) is 1. The highest BCUT2D eigenvalue weighted by Gasteiger charge is 2.42. The van der Waals surface area contributed by atoms with Crippen LogP contribution in [0, 0.1) is 11.3 Å². The molecule has 0 radical (unpaired) electrons. The summed E-state index contributed by atoms with van der Waals surface area (Å²) in [5.74, 6) is 1.60. The smallest absolute Gasteiger partial charge is 0.136 e. The lowest BCUT2D eigenvalue weighted by Crippen LogP contribution is -2.38. The second-order valence-corrected chi connectivity index (χ2v) is 6.37. The van der Waals surface area contributed by atoms with Crippen molar-refractivity contribution in [3.05, 3.63) is 29.3 Å². The molecule has 0 amide bonds. The first-order valence-electron chi connectivity index (χ1n) is 7.31. The van der Waals surface area contributed by atoms with Crippen LogP contribution in [-0.2, 0) is 17.6 Å². The van der Waals surface area contributed by atoms with Crippen LogP contribution in [0.5, 0.6) is 5.75 Å². The summed E-state index contributed by atoms with van der Waals surface area (Å²) < 4.78 is 5.32. The molecule has 0 saturated heterocycles. The largest absolute Gasteiger partial charge is 0.497 e. The van der Waals surface area contributed by atoms with Crippen LogP contribution in [0.25, 0.3) is 0 Å². The Morgan fingerprint density at radius 3 is 2.84 bits per heavy atom. The number of hydrogen-bond donors (Lipinski definition) is 0. The Kier molecular flexibility index (Phi) is 3.12. The number of hydrogen-bond acceptors (Lipinski definition) is 2. The molecule has 2 atom stereocenters. The van der Waals surface area contributed by atoms with Crippen molar-refractivity contribution < 1.29 is 9.53 Å².